The Kier molecular flexibility index (Phi) is 3.99. The summed E-state index contributed by atoms with van der Waals surface area (Å²) >= 11 is 1.47. The van der Waals surface area contributed by atoms with Crippen LogP contribution in [0.4, 0.5) is 0 Å². The summed E-state index contributed by atoms with van der Waals surface area (Å²) < 4.78 is 0. The molecule has 0 amide bonds. The van der Waals surface area contributed by atoms with Gasteiger partial charge < -0.3 is 5.11 Å². The van der Waals surface area contributed by atoms with Gasteiger partial charge in [0.1, 0.15) is 0 Å². The van der Waals surface area contributed by atoms with Crippen molar-refractivity contribution in [2.45, 2.75) is 51.5 Å². The second-order valence-electron chi connectivity index (χ2n) is 4.40. The molecule has 0 aromatic carbocycles. The van der Waals surface area contributed by atoms with E-state index in [1.165, 1.54) is 48.3 Å². The molecule has 1 heterocycles. The van der Waals surface area contributed by atoms with Gasteiger partial charge in [-0.25, -0.2) is 0 Å². The number of aliphatic imine (C=N–C) groups is 1. The first-order valence-electron chi connectivity index (χ1n) is 6.14. The Morgan fingerprint density at radius 3 is 2.81 bits per heavy atom. The van der Waals surface area contributed by atoms with Crippen molar-refractivity contribution in [3.63, 3.8) is 0 Å². The monoisotopic (exact) mass is 237 g/mol. The Morgan fingerprint density at radius 1 is 1.44 bits per heavy atom. The number of hydrogen-bond acceptors (Lipinski definition) is 3. The molecule has 16 heavy (non-hydrogen) atoms. The zero-order chi connectivity index (χ0) is 11.4. The van der Waals surface area contributed by atoms with Crippen molar-refractivity contribution in [2.75, 3.05) is 0 Å². The molecular weight excluding hydrogens is 218 g/mol. The van der Waals surface area contributed by atoms with Crippen molar-refractivity contribution in [1.82, 2.24) is 0 Å². The Bertz CT molecular complexity index is 364. The van der Waals surface area contributed by atoms with Gasteiger partial charge in [0.25, 0.3) is 0 Å². The Labute approximate surface area is 101 Å². The van der Waals surface area contributed by atoms with Gasteiger partial charge in [-0.2, -0.15) is 0 Å². The molecule has 1 aliphatic carbocycles. The quantitative estimate of drug-likeness (QED) is 0.797. The Morgan fingerprint density at radius 2 is 2.19 bits per heavy atom. The lowest BCUT2D eigenvalue weighted by molar-refractivity contribution is 0.444. The summed E-state index contributed by atoms with van der Waals surface area (Å²) in [6.07, 6.45) is 9.23. The average Bonchev–Trinajstić information content (AvgIpc) is 2.69. The molecule has 1 fully saturated rings. The van der Waals surface area contributed by atoms with Crippen molar-refractivity contribution < 1.29 is 5.11 Å². The predicted molar refractivity (Wildman–Crippen MR) is 69.8 cm³/mol. The molecule has 0 unspecified atom stereocenters. The van der Waals surface area contributed by atoms with E-state index in [4.69, 9.17) is 0 Å². The molecular formula is C13H19NOS. The van der Waals surface area contributed by atoms with E-state index in [9.17, 15) is 5.11 Å². The predicted octanol–water partition coefficient (Wildman–Crippen LogP) is 3.77. The molecule has 1 N–H and O–H groups in total. The SMILES string of the molecule is CCc1cc(C=NC2CCCCC2)c(O)s1. The van der Waals surface area contributed by atoms with Crippen molar-refractivity contribution >= 4 is 17.6 Å². The second kappa shape index (κ2) is 5.48. The zero-order valence-corrected chi connectivity index (χ0v) is 10.6. The van der Waals surface area contributed by atoms with Gasteiger partial charge in [0.05, 0.1) is 0 Å². The summed E-state index contributed by atoms with van der Waals surface area (Å²) in [7, 11) is 0. The van der Waals surface area contributed by atoms with Crippen LogP contribution in [-0.4, -0.2) is 17.4 Å². The molecule has 3 heteroatoms. The summed E-state index contributed by atoms with van der Waals surface area (Å²) in [5.41, 5.74) is 0.896. The fourth-order valence-electron chi connectivity index (χ4n) is 2.13. The molecule has 0 saturated heterocycles. The highest BCUT2D eigenvalue weighted by Crippen LogP contribution is 2.28. The lowest BCUT2D eigenvalue weighted by Crippen LogP contribution is -2.09. The summed E-state index contributed by atoms with van der Waals surface area (Å²) in [5, 5.41) is 10.1. The maximum Gasteiger partial charge on any atom is 0.180 e. The molecule has 2 rings (SSSR count). The van der Waals surface area contributed by atoms with E-state index in [2.05, 4.69) is 11.9 Å². The van der Waals surface area contributed by atoms with Crippen molar-refractivity contribution in [3.8, 4) is 5.06 Å². The molecule has 88 valence electrons. The molecule has 1 aromatic heterocycles. The molecule has 1 saturated carbocycles. The minimum atomic E-state index is 0.413. The normalized spacial score (nSPS) is 18.3. The van der Waals surface area contributed by atoms with Crippen LogP contribution in [-0.2, 0) is 6.42 Å². The van der Waals surface area contributed by atoms with E-state index < -0.39 is 0 Å². The van der Waals surface area contributed by atoms with E-state index in [0.29, 0.717) is 11.1 Å². The largest absolute Gasteiger partial charge is 0.499 e. The topological polar surface area (TPSA) is 32.6 Å². The number of aromatic hydroxyl groups is 1. The van der Waals surface area contributed by atoms with Gasteiger partial charge in [0.2, 0.25) is 0 Å². The first-order valence-corrected chi connectivity index (χ1v) is 6.96. The average molecular weight is 237 g/mol. The molecule has 1 aliphatic rings. The van der Waals surface area contributed by atoms with Gasteiger partial charge in [-0.05, 0) is 25.3 Å². The fraction of sp³-hybridized carbons (Fsp3) is 0.615. The van der Waals surface area contributed by atoms with Gasteiger partial charge in [-0.1, -0.05) is 26.2 Å². The molecule has 0 radical (unpaired) electrons. The smallest absolute Gasteiger partial charge is 0.180 e. The van der Waals surface area contributed by atoms with Gasteiger partial charge in [-0.15, -0.1) is 11.3 Å². The van der Waals surface area contributed by atoms with Crippen LogP contribution in [0.3, 0.4) is 0 Å². The fourth-order valence-corrected chi connectivity index (χ4v) is 2.94. The van der Waals surface area contributed by atoms with Crippen molar-refractivity contribution in [1.29, 1.82) is 0 Å². The number of aryl methyl sites for hydroxylation is 1. The number of thiophene rings is 1. The van der Waals surface area contributed by atoms with Crippen LogP contribution in [0.25, 0.3) is 0 Å². The highest BCUT2D eigenvalue weighted by atomic mass is 32.1. The van der Waals surface area contributed by atoms with Crippen molar-refractivity contribution in [2.24, 2.45) is 4.99 Å². The minimum absolute atomic E-state index is 0.413. The van der Waals surface area contributed by atoms with Crippen LogP contribution in [0.2, 0.25) is 0 Å². The van der Waals surface area contributed by atoms with Crippen molar-refractivity contribution in [3.05, 3.63) is 16.5 Å². The standard InChI is InChI=1S/C13H19NOS/c1-2-12-8-10(13(15)16-12)9-14-11-6-4-3-5-7-11/h8-9,11,15H,2-7H2,1H3. The van der Waals surface area contributed by atoms with E-state index in [1.54, 1.807) is 0 Å². The van der Waals surface area contributed by atoms with E-state index in [-0.39, 0.29) is 0 Å². The first kappa shape index (κ1) is 11.6. The van der Waals surface area contributed by atoms with E-state index in [0.717, 1.165) is 12.0 Å². The maximum atomic E-state index is 9.72. The minimum Gasteiger partial charge on any atom is -0.499 e. The molecule has 0 aliphatic heterocycles. The van der Waals surface area contributed by atoms with E-state index >= 15 is 0 Å². The molecule has 2 nitrogen and oxygen atoms in total. The zero-order valence-electron chi connectivity index (χ0n) is 9.78. The van der Waals surface area contributed by atoms with Crippen LogP contribution in [0, 0.1) is 0 Å². The third-order valence-corrected chi connectivity index (χ3v) is 4.24. The van der Waals surface area contributed by atoms with Crippen LogP contribution in [0.5, 0.6) is 5.06 Å². The van der Waals surface area contributed by atoms with Gasteiger partial charge in [0.15, 0.2) is 5.06 Å². The second-order valence-corrected chi connectivity index (χ2v) is 5.51. The Hall–Kier alpha value is -0.830. The number of nitrogens with zero attached hydrogens (tertiary/aromatic N) is 1. The highest BCUT2D eigenvalue weighted by molar-refractivity contribution is 7.14. The highest BCUT2D eigenvalue weighted by Gasteiger charge is 2.11. The summed E-state index contributed by atoms with van der Waals surface area (Å²) in [5.74, 6) is 0. The van der Waals surface area contributed by atoms with Crippen LogP contribution >= 0.6 is 11.3 Å². The summed E-state index contributed by atoms with van der Waals surface area (Å²) in [6, 6.07) is 2.53. The molecule has 0 bridgehead atoms. The summed E-state index contributed by atoms with van der Waals surface area (Å²) in [6.45, 7) is 2.10. The number of rotatable bonds is 3. The van der Waals surface area contributed by atoms with Crippen LogP contribution in [0.1, 0.15) is 49.5 Å². The van der Waals surface area contributed by atoms with Crippen LogP contribution < -0.4 is 0 Å². The summed E-state index contributed by atoms with van der Waals surface area (Å²) in [4.78, 5) is 5.81. The number of hydrogen-bond donors (Lipinski definition) is 1. The Balaban J connectivity index is 2.01. The third kappa shape index (κ3) is 2.85. The van der Waals surface area contributed by atoms with Gasteiger partial charge in [-0.3, -0.25) is 4.99 Å². The van der Waals surface area contributed by atoms with Gasteiger partial charge in [0, 0.05) is 22.7 Å². The maximum absolute atomic E-state index is 9.72. The lowest BCUT2D eigenvalue weighted by Gasteiger charge is -2.16. The van der Waals surface area contributed by atoms with Crippen LogP contribution in [0.15, 0.2) is 11.1 Å². The van der Waals surface area contributed by atoms with Gasteiger partial charge >= 0.3 is 0 Å². The third-order valence-electron chi connectivity index (χ3n) is 3.14. The molecule has 1 aromatic rings. The lowest BCUT2D eigenvalue weighted by atomic mass is 9.96. The molecule has 0 atom stereocenters. The van der Waals surface area contributed by atoms with E-state index in [1.807, 2.05) is 12.3 Å². The first-order chi connectivity index (χ1) is 7.79. The molecule has 0 spiro atoms.